The zero-order valence-corrected chi connectivity index (χ0v) is 14.6. The lowest BCUT2D eigenvalue weighted by Crippen LogP contribution is -2.03. The van der Waals surface area contributed by atoms with Crippen molar-refractivity contribution in [1.29, 1.82) is 5.26 Å². The SMILES string of the molecule is CCOC(=O)c1sc2nc(CSCCC#N)nc(Cl)c2c1C. The van der Waals surface area contributed by atoms with Crippen LogP contribution in [0.2, 0.25) is 5.15 Å². The van der Waals surface area contributed by atoms with E-state index in [1.54, 1.807) is 18.7 Å². The van der Waals surface area contributed by atoms with Crippen molar-refractivity contribution in [3.63, 3.8) is 0 Å². The Morgan fingerprint density at radius 1 is 1.50 bits per heavy atom. The molecule has 8 heteroatoms. The van der Waals surface area contributed by atoms with Crippen LogP contribution in [0.1, 0.15) is 34.4 Å². The Labute approximate surface area is 141 Å². The molecule has 2 aromatic rings. The fourth-order valence-electron chi connectivity index (χ4n) is 1.87. The second-order valence-electron chi connectivity index (χ2n) is 4.35. The molecule has 0 saturated carbocycles. The van der Waals surface area contributed by atoms with Gasteiger partial charge < -0.3 is 4.74 Å². The number of carbonyl (C=O) groups is 1. The molecule has 0 aliphatic rings. The minimum Gasteiger partial charge on any atom is -0.462 e. The van der Waals surface area contributed by atoms with Gasteiger partial charge >= 0.3 is 5.97 Å². The van der Waals surface area contributed by atoms with Crippen LogP contribution in [0.25, 0.3) is 10.2 Å². The molecule has 5 nitrogen and oxygen atoms in total. The molecule has 116 valence electrons. The Morgan fingerprint density at radius 2 is 2.27 bits per heavy atom. The summed E-state index contributed by atoms with van der Waals surface area (Å²) in [6.45, 7) is 3.91. The van der Waals surface area contributed by atoms with Crippen LogP contribution in [0.15, 0.2) is 0 Å². The van der Waals surface area contributed by atoms with Crippen LogP contribution in [0, 0.1) is 18.3 Å². The number of esters is 1. The summed E-state index contributed by atoms with van der Waals surface area (Å²) in [4.78, 5) is 21.9. The quantitative estimate of drug-likeness (QED) is 0.443. The van der Waals surface area contributed by atoms with Crippen LogP contribution in [0.5, 0.6) is 0 Å². The van der Waals surface area contributed by atoms with Crippen LogP contribution in [-0.4, -0.2) is 28.3 Å². The van der Waals surface area contributed by atoms with E-state index in [1.807, 2.05) is 6.92 Å². The molecule has 0 amide bonds. The Hall–Kier alpha value is -1.36. The van der Waals surface area contributed by atoms with Crippen LogP contribution < -0.4 is 0 Å². The molecule has 0 fully saturated rings. The maximum Gasteiger partial charge on any atom is 0.348 e. The van der Waals surface area contributed by atoms with Gasteiger partial charge in [0.2, 0.25) is 0 Å². The number of aromatic nitrogens is 2. The molecule has 2 heterocycles. The molecule has 0 saturated heterocycles. The molecule has 0 aliphatic carbocycles. The van der Waals surface area contributed by atoms with Gasteiger partial charge in [0.15, 0.2) is 0 Å². The first kappa shape index (κ1) is 17.0. The number of thiophene rings is 1. The van der Waals surface area contributed by atoms with Crippen LogP contribution in [-0.2, 0) is 10.5 Å². The second kappa shape index (κ2) is 7.77. The van der Waals surface area contributed by atoms with Gasteiger partial charge in [-0.25, -0.2) is 14.8 Å². The van der Waals surface area contributed by atoms with Crippen molar-refractivity contribution in [1.82, 2.24) is 9.97 Å². The highest BCUT2D eigenvalue weighted by Gasteiger charge is 2.20. The van der Waals surface area contributed by atoms with Crippen LogP contribution in [0.3, 0.4) is 0 Å². The van der Waals surface area contributed by atoms with Gasteiger partial charge in [-0.1, -0.05) is 11.6 Å². The van der Waals surface area contributed by atoms with E-state index in [1.165, 1.54) is 11.3 Å². The zero-order valence-electron chi connectivity index (χ0n) is 12.2. The third kappa shape index (κ3) is 3.69. The summed E-state index contributed by atoms with van der Waals surface area (Å²) in [5, 5.41) is 9.58. The summed E-state index contributed by atoms with van der Waals surface area (Å²) >= 11 is 9.10. The molecule has 0 unspecified atom stereocenters. The Kier molecular flexibility index (Phi) is 6.00. The number of ether oxygens (including phenoxy) is 1. The molecule has 0 bridgehead atoms. The molecular formula is C14H14ClN3O2S2. The molecule has 0 atom stereocenters. The van der Waals surface area contributed by atoms with Crippen molar-refractivity contribution in [2.45, 2.75) is 26.0 Å². The number of nitrogens with zero attached hydrogens (tertiary/aromatic N) is 3. The molecule has 0 aromatic carbocycles. The van der Waals surface area contributed by atoms with Crippen molar-refractivity contribution in [2.75, 3.05) is 12.4 Å². The molecule has 2 aromatic heterocycles. The number of fused-ring (bicyclic) bond motifs is 1. The summed E-state index contributed by atoms with van der Waals surface area (Å²) in [5.41, 5.74) is 0.757. The maximum atomic E-state index is 11.9. The minimum absolute atomic E-state index is 0.326. The largest absolute Gasteiger partial charge is 0.462 e. The Morgan fingerprint density at radius 3 is 2.95 bits per heavy atom. The van der Waals surface area contributed by atoms with E-state index in [9.17, 15) is 4.79 Å². The van der Waals surface area contributed by atoms with Gasteiger partial charge in [0.1, 0.15) is 20.7 Å². The lowest BCUT2D eigenvalue weighted by molar-refractivity contribution is 0.0531. The Bertz CT molecular complexity index is 740. The van der Waals surface area contributed by atoms with Gasteiger partial charge in [0.05, 0.1) is 23.8 Å². The summed E-state index contributed by atoms with van der Waals surface area (Å²) in [6, 6.07) is 2.09. The summed E-state index contributed by atoms with van der Waals surface area (Å²) in [7, 11) is 0. The third-order valence-electron chi connectivity index (χ3n) is 2.84. The van der Waals surface area contributed by atoms with Crippen molar-refractivity contribution in [3.8, 4) is 6.07 Å². The maximum absolute atomic E-state index is 11.9. The number of hydrogen-bond acceptors (Lipinski definition) is 7. The van der Waals surface area contributed by atoms with Gasteiger partial charge in [0.25, 0.3) is 0 Å². The Balaban J connectivity index is 2.30. The number of carbonyl (C=O) groups excluding carboxylic acids is 1. The van der Waals surface area contributed by atoms with E-state index in [0.717, 1.165) is 11.3 Å². The molecular weight excluding hydrogens is 342 g/mol. The van der Waals surface area contributed by atoms with Crippen LogP contribution in [0.4, 0.5) is 0 Å². The van der Waals surface area contributed by atoms with Crippen molar-refractivity contribution >= 4 is 50.9 Å². The number of aryl methyl sites for hydroxylation is 1. The van der Waals surface area contributed by atoms with Crippen molar-refractivity contribution in [3.05, 3.63) is 21.4 Å². The standard InChI is InChI=1S/C14H14ClN3O2S2/c1-3-20-14(19)11-8(2)10-12(15)17-9(18-13(10)22-11)7-21-6-4-5-16/h3-4,6-7H2,1-2H3. The highest BCUT2D eigenvalue weighted by molar-refractivity contribution is 7.98. The third-order valence-corrected chi connectivity index (χ3v) is 5.24. The van der Waals surface area contributed by atoms with E-state index in [4.69, 9.17) is 21.6 Å². The molecule has 22 heavy (non-hydrogen) atoms. The number of halogens is 1. The van der Waals surface area contributed by atoms with Crippen LogP contribution >= 0.6 is 34.7 Å². The fourth-order valence-corrected chi connectivity index (χ4v) is 4.04. The predicted octanol–water partition coefficient (Wildman–Crippen LogP) is 3.98. The lowest BCUT2D eigenvalue weighted by Gasteiger charge is -2.01. The monoisotopic (exact) mass is 355 g/mol. The molecule has 0 aliphatic heterocycles. The van der Waals surface area contributed by atoms with Gasteiger partial charge in [-0.15, -0.1) is 11.3 Å². The molecule has 0 N–H and O–H groups in total. The second-order valence-corrected chi connectivity index (χ2v) is 6.81. The highest BCUT2D eigenvalue weighted by Crippen LogP contribution is 2.34. The highest BCUT2D eigenvalue weighted by atomic mass is 35.5. The van der Waals surface area contributed by atoms with Gasteiger partial charge in [0, 0.05) is 12.2 Å². The predicted molar refractivity (Wildman–Crippen MR) is 89.5 cm³/mol. The molecule has 2 rings (SSSR count). The van der Waals surface area contributed by atoms with Crippen molar-refractivity contribution in [2.24, 2.45) is 0 Å². The van der Waals surface area contributed by atoms with E-state index in [-0.39, 0.29) is 5.97 Å². The number of rotatable bonds is 6. The van der Waals surface area contributed by atoms with E-state index >= 15 is 0 Å². The first-order valence-electron chi connectivity index (χ1n) is 6.65. The zero-order chi connectivity index (χ0) is 16.1. The minimum atomic E-state index is -0.357. The normalized spacial score (nSPS) is 10.6. The smallest absolute Gasteiger partial charge is 0.348 e. The lowest BCUT2D eigenvalue weighted by atomic mass is 10.2. The first-order chi connectivity index (χ1) is 10.6. The fraction of sp³-hybridized carbons (Fsp3) is 0.429. The summed E-state index contributed by atoms with van der Waals surface area (Å²) in [5.74, 6) is 1.57. The van der Waals surface area contributed by atoms with Gasteiger partial charge in [-0.05, 0) is 19.4 Å². The van der Waals surface area contributed by atoms with Gasteiger partial charge in [-0.2, -0.15) is 17.0 Å². The first-order valence-corrected chi connectivity index (χ1v) is 9.00. The summed E-state index contributed by atoms with van der Waals surface area (Å²) in [6.07, 6.45) is 0.492. The topological polar surface area (TPSA) is 75.9 Å². The number of hydrogen-bond donors (Lipinski definition) is 0. The van der Waals surface area contributed by atoms with Gasteiger partial charge in [-0.3, -0.25) is 0 Å². The van der Waals surface area contributed by atoms with E-state index in [2.05, 4.69) is 16.0 Å². The number of nitriles is 1. The average molecular weight is 356 g/mol. The molecule has 0 spiro atoms. The van der Waals surface area contributed by atoms with E-state index in [0.29, 0.717) is 44.9 Å². The van der Waals surface area contributed by atoms with E-state index < -0.39 is 0 Å². The molecule has 0 radical (unpaired) electrons. The summed E-state index contributed by atoms with van der Waals surface area (Å²) < 4.78 is 5.05. The number of thioether (sulfide) groups is 1. The average Bonchev–Trinajstić information content (AvgIpc) is 2.81. The van der Waals surface area contributed by atoms with Crippen molar-refractivity contribution < 1.29 is 9.53 Å².